The van der Waals surface area contributed by atoms with E-state index in [0.717, 1.165) is 44.6 Å². The topological polar surface area (TPSA) is 140 Å². The molecule has 9 nitrogen and oxygen atoms in total. The van der Waals surface area contributed by atoms with E-state index in [0.29, 0.717) is 17.9 Å². The molecule has 0 unspecified atom stereocenters. The fourth-order valence-corrected chi connectivity index (χ4v) is 3.01. The second-order valence-electron chi connectivity index (χ2n) is 6.15. The van der Waals surface area contributed by atoms with E-state index in [4.69, 9.17) is 16.9 Å². The van der Waals surface area contributed by atoms with Crippen molar-refractivity contribution >= 4 is 29.5 Å². The fourth-order valence-electron chi connectivity index (χ4n) is 3.01. The summed E-state index contributed by atoms with van der Waals surface area (Å²) < 4.78 is 0. The summed E-state index contributed by atoms with van der Waals surface area (Å²) in [5, 5.41) is 20.0. The van der Waals surface area contributed by atoms with Crippen LogP contribution in [-0.2, 0) is 0 Å². The molecule has 0 atom stereocenters. The summed E-state index contributed by atoms with van der Waals surface area (Å²) in [6, 6.07) is 7.31. The van der Waals surface area contributed by atoms with Crippen molar-refractivity contribution in [3.05, 3.63) is 29.8 Å². The molecule has 0 saturated carbocycles. The number of nitrogen functional groups attached to an aromatic ring is 2. The van der Waals surface area contributed by atoms with Crippen molar-refractivity contribution < 1.29 is 5.11 Å². The Balaban J connectivity index is 1.49. The molecule has 26 heavy (non-hydrogen) atoms. The zero-order valence-corrected chi connectivity index (χ0v) is 14.5. The minimum atomic E-state index is 0.0955. The first-order chi connectivity index (χ1) is 12.6. The summed E-state index contributed by atoms with van der Waals surface area (Å²) in [6.45, 7) is 5.30. The largest absolute Gasteiger partial charge is 0.508 e. The molecule has 9 heteroatoms. The molecule has 1 fully saturated rings. The first-order valence-electron chi connectivity index (χ1n) is 8.50. The van der Waals surface area contributed by atoms with E-state index < -0.39 is 0 Å². The molecule has 7 N–H and O–H groups in total. The number of hydrogen-bond donors (Lipinski definition) is 5. The molecule has 0 spiro atoms. The maximum Gasteiger partial charge on any atom is 0.223 e. The minimum absolute atomic E-state index is 0.0955. The minimum Gasteiger partial charge on any atom is -0.508 e. The van der Waals surface area contributed by atoms with Crippen molar-refractivity contribution in [3.8, 4) is 5.75 Å². The Morgan fingerprint density at radius 3 is 2.46 bits per heavy atom. The zero-order valence-electron chi connectivity index (χ0n) is 14.5. The van der Waals surface area contributed by atoms with Gasteiger partial charge in [-0.1, -0.05) is 0 Å². The number of aromatic nitrogens is 2. The molecule has 0 radical (unpaired) electrons. The number of benzene rings is 1. The standard InChI is InChI=1S/C17H24N8O/c18-11-14-15(19)22-17(20)23-16(14)21-5-6-24-7-9-25(10-8-24)12-1-3-13(26)4-2-12/h1-4,11,18,26H,5-10H2,(H5,19,20,21,22,23). The number of hydrogen-bond acceptors (Lipinski definition) is 9. The van der Waals surface area contributed by atoms with Crippen LogP contribution in [0.5, 0.6) is 5.75 Å². The third kappa shape index (κ3) is 4.12. The van der Waals surface area contributed by atoms with E-state index >= 15 is 0 Å². The molecule has 3 rings (SSSR count). The second kappa shape index (κ2) is 7.87. The lowest BCUT2D eigenvalue weighted by atomic mass is 10.2. The third-order valence-corrected chi connectivity index (χ3v) is 4.44. The van der Waals surface area contributed by atoms with Crippen LogP contribution in [-0.4, -0.2) is 65.5 Å². The summed E-state index contributed by atoms with van der Waals surface area (Å²) in [6.07, 6.45) is 1.13. The smallest absolute Gasteiger partial charge is 0.223 e. The van der Waals surface area contributed by atoms with Crippen LogP contribution in [0.15, 0.2) is 24.3 Å². The molecule has 1 saturated heterocycles. The Morgan fingerprint density at radius 1 is 1.12 bits per heavy atom. The van der Waals surface area contributed by atoms with E-state index in [-0.39, 0.29) is 17.5 Å². The van der Waals surface area contributed by atoms with Crippen molar-refractivity contribution in [2.45, 2.75) is 0 Å². The van der Waals surface area contributed by atoms with Gasteiger partial charge in [0.25, 0.3) is 0 Å². The Kier molecular flexibility index (Phi) is 5.37. The Labute approximate surface area is 152 Å². The van der Waals surface area contributed by atoms with E-state index in [1.165, 1.54) is 0 Å². The van der Waals surface area contributed by atoms with Gasteiger partial charge in [-0.3, -0.25) is 4.90 Å². The SMILES string of the molecule is N=Cc1c(N)nc(N)nc1NCCN1CCN(c2ccc(O)cc2)CC1. The van der Waals surface area contributed by atoms with Gasteiger partial charge in [-0.15, -0.1) is 0 Å². The summed E-state index contributed by atoms with van der Waals surface area (Å²) in [7, 11) is 0. The zero-order chi connectivity index (χ0) is 18.5. The Hall–Kier alpha value is -3.07. The number of piperazine rings is 1. The molecular weight excluding hydrogens is 332 g/mol. The lowest BCUT2D eigenvalue weighted by molar-refractivity contribution is 0.267. The van der Waals surface area contributed by atoms with Crippen LogP contribution in [0, 0.1) is 5.41 Å². The highest BCUT2D eigenvalue weighted by molar-refractivity contribution is 5.90. The van der Waals surface area contributed by atoms with Gasteiger partial charge in [-0.25, -0.2) is 0 Å². The average Bonchev–Trinajstić information content (AvgIpc) is 2.63. The molecule has 138 valence electrons. The highest BCUT2D eigenvalue weighted by Crippen LogP contribution is 2.20. The van der Waals surface area contributed by atoms with Crippen LogP contribution in [0.25, 0.3) is 0 Å². The molecule has 2 aromatic rings. The van der Waals surface area contributed by atoms with Crippen LogP contribution in [0.3, 0.4) is 0 Å². The molecule has 1 aliphatic rings. The van der Waals surface area contributed by atoms with Gasteiger partial charge in [0.15, 0.2) is 0 Å². The van der Waals surface area contributed by atoms with Crippen molar-refractivity contribution in [2.75, 3.05) is 61.0 Å². The third-order valence-electron chi connectivity index (χ3n) is 4.44. The lowest BCUT2D eigenvalue weighted by Crippen LogP contribution is -2.47. The Morgan fingerprint density at radius 2 is 1.81 bits per heavy atom. The molecule has 1 aromatic carbocycles. The van der Waals surface area contributed by atoms with Gasteiger partial charge in [-0.05, 0) is 24.3 Å². The van der Waals surface area contributed by atoms with E-state index in [1.54, 1.807) is 12.1 Å². The van der Waals surface area contributed by atoms with Gasteiger partial charge in [0.05, 0.1) is 5.56 Å². The number of aromatic hydroxyl groups is 1. The molecular formula is C17H24N8O. The summed E-state index contributed by atoms with van der Waals surface area (Å²) in [5.41, 5.74) is 13.0. The van der Waals surface area contributed by atoms with E-state index in [1.807, 2.05) is 12.1 Å². The summed E-state index contributed by atoms with van der Waals surface area (Å²) in [4.78, 5) is 12.7. The van der Waals surface area contributed by atoms with Crippen molar-refractivity contribution in [2.24, 2.45) is 0 Å². The van der Waals surface area contributed by atoms with Gasteiger partial charge >= 0.3 is 0 Å². The molecule has 0 bridgehead atoms. The number of phenolic OH excluding ortho intramolecular Hbond substituents is 1. The van der Waals surface area contributed by atoms with Gasteiger partial charge in [-0.2, -0.15) is 9.97 Å². The van der Waals surface area contributed by atoms with Crippen LogP contribution in [0.1, 0.15) is 5.56 Å². The monoisotopic (exact) mass is 356 g/mol. The second-order valence-corrected chi connectivity index (χ2v) is 6.15. The van der Waals surface area contributed by atoms with Gasteiger partial charge in [0.1, 0.15) is 17.4 Å². The predicted molar refractivity (Wildman–Crippen MR) is 104 cm³/mol. The first kappa shape index (κ1) is 17.7. The van der Waals surface area contributed by atoms with Gasteiger partial charge < -0.3 is 32.2 Å². The van der Waals surface area contributed by atoms with Crippen molar-refractivity contribution in [1.29, 1.82) is 5.41 Å². The number of rotatable bonds is 6. The maximum atomic E-state index is 9.39. The Bertz CT molecular complexity index is 756. The highest BCUT2D eigenvalue weighted by atomic mass is 16.3. The van der Waals surface area contributed by atoms with E-state index in [9.17, 15) is 5.11 Å². The van der Waals surface area contributed by atoms with Crippen LogP contribution in [0.2, 0.25) is 0 Å². The molecule has 0 aliphatic carbocycles. The number of nitrogens with one attached hydrogen (secondary N) is 2. The fraction of sp³-hybridized carbons (Fsp3) is 0.353. The van der Waals surface area contributed by atoms with Crippen LogP contribution in [0.4, 0.5) is 23.3 Å². The normalized spacial score (nSPS) is 15.0. The number of nitrogens with two attached hydrogens (primary N) is 2. The van der Waals surface area contributed by atoms with Crippen LogP contribution >= 0.6 is 0 Å². The molecule has 2 heterocycles. The molecule has 1 aromatic heterocycles. The quantitative estimate of drug-likeness (QED) is 0.473. The summed E-state index contributed by atoms with van der Waals surface area (Å²) >= 11 is 0. The molecule has 0 amide bonds. The number of nitrogens with zero attached hydrogens (tertiary/aromatic N) is 4. The average molecular weight is 356 g/mol. The molecule has 1 aliphatic heterocycles. The highest BCUT2D eigenvalue weighted by Gasteiger charge is 2.17. The van der Waals surface area contributed by atoms with Crippen LogP contribution < -0.4 is 21.7 Å². The first-order valence-corrected chi connectivity index (χ1v) is 8.50. The predicted octanol–water partition coefficient (Wildman–Crippen LogP) is 0.578. The number of anilines is 4. The maximum absolute atomic E-state index is 9.39. The van der Waals surface area contributed by atoms with Gasteiger partial charge in [0.2, 0.25) is 5.95 Å². The van der Waals surface area contributed by atoms with Crippen molar-refractivity contribution in [3.63, 3.8) is 0 Å². The van der Waals surface area contributed by atoms with Crippen molar-refractivity contribution in [1.82, 2.24) is 14.9 Å². The number of phenols is 1. The van der Waals surface area contributed by atoms with E-state index in [2.05, 4.69) is 25.1 Å². The lowest BCUT2D eigenvalue weighted by Gasteiger charge is -2.36. The van der Waals surface area contributed by atoms with Gasteiger partial charge in [0, 0.05) is 51.2 Å². The summed E-state index contributed by atoms with van der Waals surface area (Å²) in [5.74, 6) is 1.08.